The predicted molar refractivity (Wildman–Crippen MR) is 115 cm³/mol. The lowest BCUT2D eigenvalue weighted by Gasteiger charge is -2.26. The molecule has 1 saturated heterocycles. The second-order valence-electron chi connectivity index (χ2n) is 7.39. The average molecular weight is 422 g/mol. The van der Waals surface area contributed by atoms with E-state index in [0.29, 0.717) is 19.4 Å². The second kappa shape index (κ2) is 12.8. The molecule has 2 rings (SSSR count). The predicted octanol–water partition coefficient (Wildman–Crippen LogP) is 2.06. The summed E-state index contributed by atoms with van der Waals surface area (Å²) in [4.78, 5) is 38.3. The minimum absolute atomic E-state index is 0.0985. The second-order valence-corrected chi connectivity index (χ2v) is 7.39. The molecule has 0 saturated carbocycles. The summed E-state index contributed by atoms with van der Waals surface area (Å²) in [5, 5.41) is 15.5. The molecule has 30 heavy (non-hydrogen) atoms. The number of hydrogen-bond acceptors (Lipinski definition) is 5. The van der Waals surface area contributed by atoms with Gasteiger partial charge < -0.3 is 25.4 Å². The van der Waals surface area contributed by atoms with Crippen molar-refractivity contribution in [3.05, 3.63) is 35.9 Å². The first-order valence-electron chi connectivity index (χ1n) is 10.5. The molecular weight excluding hydrogens is 386 g/mol. The maximum Gasteiger partial charge on any atom is 0.408 e. The third-order valence-electron chi connectivity index (χ3n) is 4.78. The van der Waals surface area contributed by atoms with Crippen molar-refractivity contribution in [1.82, 2.24) is 15.5 Å². The summed E-state index contributed by atoms with van der Waals surface area (Å²) in [5.41, 5.74) is 0.840. The van der Waals surface area contributed by atoms with E-state index >= 15 is 0 Å². The lowest BCUT2D eigenvalue weighted by Crippen LogP contribution is -2.56. The van der Waals surface area contributed by atoms with Crippen molar-refractivity contribution in [1.29, 1.82) is 0 Å². The Balaban J connectivity index is 0.00000218. The van der Waals surface area contributed by atoms with Gasteiger partial charge in [0, 0.05) is 13.6 Å². The van der Waals surface area contributed by atoms with E-state index in [2.05, 4.69) is 10.6 Å². The zero-order valence-electron chi connectivity index (χ0n) is 18.6. The highest BCUT2D eigenvalue weighted by atomic mass is 16.5. The molecular formula is C22H35N3O5. The van der Waals surface area contributed by atoms with Gasteiger partial charge in [-0.25, -0.2) is 4.79 Å². The van der Waals surface area contributed by atoms with Gasteiger partial charge in [-0.15, -0.1) is 0 Å². The molecule has 8 nitrogen and oxygen atoms in total. The Morgan fingerprint density at radius 1 is 1.23 bits per heavy atom. The third kappa shape index (κ3) is 7.67. The van der Waals surface area contributed by atoms with E-state index < -0.39 is 36.1 Å². The minimum Gasteiger partial charge on any atom is -0.445 e. The zero-order chi connectivity index (χ0) is 22.7. The van der Waals surface area contributed by atoms with Crippen molar-refractivity contribution in [2.24, 2.45) is 5.92 Å². The number of alkyl carbamates (subject to hydrolysis) is 1. The number of hydrogen-bond donors (Lipinski definition) is 3. The number of aliphatic hydroxyl groups is 1. The molecule has 3 atom stereocenters. The van der Waals surface area contributed by atoms with E-state index in [1.165, 1.54) is 4.90 Å². The lowest BCUT2D eigenvalue weighted by atomic mass is 10.0. The molecule has 0 spiro atoms. The average Bonchev–Trinajstić information content (AvgIpc) is 2.86. The summed E-state index contributed by atoms with van der Waals surface area (Å²) in [6, 6.07) is 7.70. The smallest absolute Gasteiger partial charge is 0.408 e. The number of likely N-dealkylation sites (tertiary alicyclic amines) is 1. The standard InChI is InChI=1S/C20H29N3O5.C2H6/c1-13(2)16(22-20(27)28-12-14-8-5-4-6-9-14)18(25)21-15-10-7-11-23(3)19(26)17(15)24;1-2/h4-6,8-9,13,15-17,24H,7,10-12H2,1-3H3,(H,21,25)(H,22,27);1-2H3. The molecule has 0 aromatic heterocycles. The van der Waals surface area contributed by atoms with Crippen molar-refractivity contribution in [2.75, 3.05) is 13.6 Å². The van der Waals surface area contributed by atoms with Gasteiger partial charge in [0.1, 0.15) is 12.6 Å². The zero-order valence-corrected chi connectivity index (χ0v) is 18.6. The maximum absolute atomic E-state index is 12.7. The van der Waals surface area contributed by atoms with Gasteiger partial charge in [-0.05, 0) is 24.3 Å². The highest BCUT2D eigenvalue weighted by Crippen LogP contribution is 2.13. The Morgan fingerprint density at radius 2 is 1.87 bits per heavy atom. The molecule has 8 heteroatoms. The minimum atomic E-state index is -1.30. The number of benzene rings is 1. The van der Waals surface area contributed by atoms with Crippen molar-refractivity contribution in [2.45, 2.75) is 65.3 Å². The van der Waals surface area contributed by atoms with E-state index in [0.717, 1.165) is 5.56 Å². The highest BCUT2D eigenvalue weighted by Gasteiger charge is 2.34. The first kappa shape index (κ1) is 25.4. The molecule has 1 heterocycles. The fraction of sp³-hybridized carbons (Fsp3) is 0.591. The number of nitrogens with zero attached hydrogens (tertiary/aromatic N) is 1. The van der Waals surface area contributed by atoms with Gasteiger partial charge in [0.2, 0.25) is 5.91 Å². The summed E-state index contributed by atoms with van der Waals surface area (Å²) in [6.45, 7) is 8.22. The number of rotatable bonds is 6. The van der Waals surface area contributed by atoms with Gasteiger partial charge >= 0.3 is 6.09 Å². The SMILES string of the molecule is CC.CC(C)C(NC(=O)OCc1ccccc1)C(=O)NC1CCCN(C)C(=O)C1O. The highest BCUT2D eigenvalue weighted by molar-refractivity contribution is 5.87. The molecule has 1 aromatic rings. The van der Waals surface area contributed by atoms with Crippen molar-refractivity contribution in [3.63, 3.8) is 0 Å². The van der Waals surface area contributed by atoms with Crippen LogP contribution >= 0.6 is 0 Å². The molecule has 3 amide bonds. The van der Waals surface area contributed by atoms with Crippen LogP contribution in [0.2, 0.25) is 0 Å². The van der Waals surface area contributed by atoms with Gasteiger partial charge in [0.15, 0.2) is 6.10 Å². The van der Waals surface area contributed by atoms with Crippen LogP contribution in [0.3, 0.4) is 0 Å². The van der Waals surface area contributed by atoms with Gasteiger partial charge in [-0.1, -0.05) is 58.0 Å². The van der Waals surface area contributed by atoms with Gasteiger partial charge in [0.25, 0.3) is 5.91 Å². The van der Waals surface area contributed by atoms with Crippen LogP contribution in [0.4, 0.5) is 4.79 Å². The Labute approximate surface area is 179 Å². The molecule has 1 aliphatic rings. The van der Waals surface area contributed by atoms with Crippen LogP contribution in [0, 0.1) is 5.92 Å². The summed E-state index contributed by atoms with van der Waals surface area (Å²) in [6.07, 6.45) is -0.848. The topological polar surface area (TPSA) is 108 Å². The van der Waals surface area contributed by atoms with Crippen molar-refractivity contribution in [3.8, 4) is 0 Å². The summed E-state index contributed by atoms with van der Waals surface area (Å²) in [5.74, 6) is -1.07. The molecule has 1 fully saturated rings. The quantitative estimate of drug-likeness (QED) is 0.652. The maximum atomic E-state index is 12.7. The summed E-state index contributed by atoms with van der Waals surface area (Å²) >= 11 is 0. The molecule has 0 aliphatic carbocycles. The van der Waals surface area contributed by atoms with E-state index in [4.69, 9.17) is 4.74 Å². The Morgan fingerprint density at radius 3 is 2.47 bits per heavy atom. The van der Waals surface area contributed by atoms with E-state index in [-0.39, 0.29) is 12.5 Å². The van der Waals surface area contributed by atoms with Crippen LogP contribution in [0.5, 0.6) is 0 Å². The largest absolute Gasteiger partial charge is 0.445 e. The summed E-state index contributed by atoms with van der Waals surface area (Å²) < 4.78 is 5.18. The Hall–Kier alpha value is -2.61. The normalized spacial score (nSPS) is 19.8. The molecule has 168 valence electrons. The number of aliphatic hydroxyl groups excluding tert-OH is 1. The van der Waals surface area contributed by atoms with Crippen LogP contribution in [-0.4, -0.2) is 59.7 Å². The van der Waals surface area contributed by atoms with Crippen LogP contribution in [0.1, 0.15) is 46.1 Å². The van der Waals surface area contributed by atoms with Crippen LogP contribution in [0.25, 0.3) is 0 Å². The van der Waals surface area contributed by atoms with Gasteiger partial charge in [0.05, 0.1) is 6.04 Å². The molecule has 3 N–H and O–H groups in total. The number of nitrogens with one attached hydrogen (secondary N) is 2. The molecule has 0 bridgehead atoms. The van der Waals surface area contributed by atoms with E-state index in [1.54, 1.807) is 20.9 Å². The number of carbonyl (C=O) groups excluding carboxylic acids is 3. The Bertz CT molecular complexity index is 681. The molecule has 3 unspecified atom stereocenters. The van der Waals surface area contributed by atoms with E-state index in [1.807, 2.05) is 44.2 Å². The molecule has 1 aromatic carbocycles. The number of carbonyl (C=O) groups is 3. The van der Waals surface area contributed by atoms with Crippen molar-refractivity contribution >= 4 is 17.9 Å². The van der Waals surface area contributed by atoms with Gasteiger partial charge in [-0.2, -0.15) is 0 Å². The fourth-order valence-corrected chi connectivity index (χ4v) is 3.06. The number of ether oxygens (including phenoxy) is 1. The lowest BCUT2D eigenvalue weighted by molar-refractivity contribution is -0.139. The van der Waals surface area contributed by atoms with Crippen LogP contribution in [0.15, 0.2) is 30.3 Å². The van der Waals surface area contributed by atoms with Crippen LogP contribution < -0.4 is 10.6 Å². The first-order chi connectivity index (χ1) is 14.3. The molecule has 0 radical (unpaired) electrons. The third-order valence-corrected chi connectivity index (χ3v) is 4.78. The molecule has 1 aliphatic heterocycles. The van der Waals surface area contributed by atoms with Crippen LogP contribution in [-0.2, 0) is 20.9 Å². The summed E-state index contributed by atoms with van der Waals surface area (Å²) in [7, 11) is 1.62. The number of likely N-dealkylation sites (N-methyl/N-ethyl adjacent to an activating group) is 1. The fourth-order valence-electron chi connectivity index (χ4n) is 3.06. The Kier molecular flexibility index (Phi) is 10.9. The number of amides is 3. The van der Waals surface area contributed by atoms with Crippen molar-refractivity contribution < 1.29 is 24.2 Å². The van der Waals surface area contributed by atoms with E-state index in [9.17, 15) is 19.5 Å². The first-order valence-corrected chi connectivity index (χ1v) is 10.5. The monoisotopic (exact) mass is 421 g/mol. The van der Waals surface area contributed by atoms with Gasteiger partial charge in [-0.3, -0.25) is 9.59 Å².